The van der Waals surface area contributed by atoms with Crippen molar-refractivity contribution in [1.82, 2.24) is 0 Å². The Labute approximate surface area is 192 Å². The number of hydrogen-bond acceptors (Lipinski definition) is 4. The zero-order chi connectivity index (χ0) is 23.0. The van der Waals surface area contributed by atoms with Crippen LogP contribution in [0.2, 0.25) is 0 Å². The highest BCUT2D eigenvalue weighted by Crippen LogP contribution is 2.57. The minimum atomic E-state index is -3.35. The number of aliphatic hydroxyl groups is 2. The average molecular weight is 467 g/mol. The molecule has 0 radical (unpaired) electrons. The molecule has 3 aliphatic carbocycles. The zero-order valence-corrected chi connectivity index (χ0v) is 20.3. The van der Waals surface area contributed by atoms with Crippen molar-refractivity contribution < 1.29 is 18.6 Å². The van der Waals surface area contributed by atoms with Gasteiger partial charge in [0.2, 0.25) is 0 Å². The molecule has 3 aliphatic rings. The van der Waals surface area contributed by atoms with Gasteiger partial charge in [-0.1, -0.05) is 67.5 Å². The van der Waals surface area contributed by atoms with Gasteiger partial charge in [-0.15, -0.1) is 0 Å². The van der Waals surface area contributed by atoms with Gasteiger partial charge in [0, 0.05) is 12.7 Å². The van der Waals surface area contributed by atoms with Crippen molar-refractivity contribution in [1.29, 1.82) is 0 Å². The molecule has 4 nitrogen and oxygen atoms in total. The van der Waals surface area contributed by atoms with Crippen LogP contribution in [0.1, 0.15) is 58.8 Å². The molecule has 0 saturated heterocycles. The number of halogens is 1. The highest BCUT2D eigenvalue weighted by molar-refractivity contribution is 7.96. The van der Waals surface area contributed by atoms with Crippen molar-refractivity contribution in [3.05, 3.63) is 57.5 Å². The summed E-state index contributed by atoms with van der Waals surface area (Å²) in [6, 6.07) is 0. The third-order valence-electron chi connectivity index (χ3n) is 7.39. The number of fused-ring (bicyclic) bond motifs is 1. The summed E-state index contributed by atoms with van der Waals surface area (Å²) in [6.45, 7) is 8.50. The molecule has 2 fully saturated rings. The van der Waals surface area contributed by atoms with Crippen LogP contribution in [0.15, 0.2) is 57.5 Å². The van der Waals surface area contributed by atoms with E-state index in [1.54, 1.807) is 6.08 Å². The van der Waals surface area contributed by atoms with Crippen molar-refractivity contribution in [3.63, 3.8) is 0 Å². The first-order valence-electron chi connectivity index (χ1n) is 11.1. The van der Waals surface area contributed by atoms with Gasteiger partial charge in [-0.2, -0.15) is 0 Å². The molecular weight excluding hydrogens is 432 g/mol. The molecule has 6 heteroatoms. The number of allylic oxidation sites excluding steroid dienone is 6. The van der Waals surface area contributed by atoms with Crippen LogP contribution in [0.5, 0.6) is 0 Å². The molecular formula is C25H35ClO4S. The van der Waals surface area contributed by atoms with Crippen LogP contribution in [-0.2, 0) is 9.84 Å². The molecule has 0 heterocycles. The fraction of sp³-hybridized carbons (Fsp3) is 0.600. The van der Waals surface area contributed by atoms with E-state index in [4.69, 9.17) is 11.6 Å². The lowest BCUT2D eigenvalue weighted by Gasteiger charge is -2.42. The van der Waals surface area contributed by atoms with E-state index in [0.717, 1.165) is 37.5 Å². The standard InChI is InChI=1S/C25H35ClO4S/c1-16(7-12-24(26)31(4,29)30)21-10-11-22-18(6-5-13-25(21,22)3)8-9-19-14-20(27)15-23(28)17(19)2/h8-10,12,16,20,22-23,27-28H,2,5-7,11,13-15H2,1,3-4H3/b18-8+,19-9-,24-12+/t16-,20+,22+,23-,25-/m1/s1. The summed E-state index contributed by atoms with van der Waals surface area (Å²) in [7, 11) is -3.35. The number of aliphatic hydroxyl groups excluding tert-OH is 2. The SMILES string of the molecule is C=C1/C(=C\C=C2/CCC[C@]3(C)C([C@H](C)C/C=C(\Cl)S(C)(=O)=O)=CC[C@@H]23)C[C@H](O)C[C@H]1O. The van der Waals surface area contributed by atoms with Gasteiger partial charge in [-0.3, -0.25) is 0 Å². The fourth-order valence-electron chi connectivity index (χ4n) is 5.63. The van der Waals surface area contributed by atoms with E-state index in [0.29, 0.717) is 30.8 Å². The summed E-state index contributed by atoms with van der Waals surface area (Å²) in [5.41, 5.74) is 4.53. The molecule has 31 heavy (non-hydrogen) atoms. The second-order valence-electron chi connectivity index (χ2n) is 9.70. The Bertz CT molecular complexity index is 956. The van der Waals surface area contributed by atoms with E-state index in [1.807, 2.05) is 6.08 Å². The molecule has 5 atom stereocenters. The summed E-state index contributed by atoms with van der Waals surface area (Å²) in [5, 5.41) is 20.1. The maximum atomic E-state index is 11.6. The summed E-state index contributed by atoms with van der Waals surface area (Å²) in [5.74, 6) is 0.656. The van der Waals surface area contributed by atoms with Gasteiger partial charge in [0.25, 0.3) is 0 Å². The van der Waals surface area contributed by atoms with Crippen LogP contribution < -0.4 is 0 Å². The molecule has 2 N–H and O–H groups in total. The first-order valence-corrected chi connectivity index (χ1v) is 13.4. The van der Waals surface area contributed by atoms with Crippen LogP contribution in [0.25, 0.3) is 0 Å². The Morgan fingerprint density at radius 2 is 2.10 bits per heavy atom. The lowest BCUT2D eigenvalue weighted by molar-refractivity contribution is 0.0862. The second-order valence-corrected chi connectivity index (χ2v) is 12.3. The third-order valence-corrected chi connectivity index (χ3v) is 9.26. The lowest BCUT2D eigenvalue weighted by atomic mass is 9.62. The minimum absolute atomic E-state index is 0.0655. The first kappa shape index (κ1) is 24.5. The van der Waals surface area contributed by atoms with Gasteiger partial charge < -0.3 is 10.2 Å². The van der Waals surface area contributed by atoms with Crippen LogP contribution in [0, 0.1) is 17.3 Å². The lowest BCUT2D eigenvalue weighted by Crippen LogP contribution is -2.32. The number of sulfone groups is 1. The van der Waals surface area contributed by atoms with E-state index < -0.39 is 22.0 Å². The van der Waals surface area contributed by atoms with E-state index in [9.17, 15) is 18.6 Å². The summed E-state index contributed by atoms with van der Waals surface area (Å²) >= 11 is 5.95. The summed E-state index contributed by atoms with van der Waals surface area (Å²) in [4.78, 5) is 0. The summed E-state index contributed by atoms with van der Waals surface area (Å²) < 4.78 is 23.1. The van der Waals surface area contributed by atoms with Crippen molar-refractivity contribution in [2.24, 2.45) is 17.3 Å². The van der Waals surface area contributed by atoms with Crippen LogP contribution in [0.3, 0.4) is 0 Å². The molecule has 0 spiro atoms. The highest BCUT2D eigenvalue weighted by atomic mass is 35.5. The van der Waals surface area contributed by atoms with Gasteiger partial charge in [-0.05, 0) is 66.9 Å². The first-order chi connectivity index (χ1) is 14.4. The Morgan fingerprint density at radius 3 is 2.77 bits per heavy atom. The Balaban J connectivity index is 1.78. The van der Waals surface area contributed by atoms with Gasteiger partial charge in [-0.25, -0.2) is 8.42 Å². The van der Waals surface area contributed by atoms with E-state index in [-0.39, 0.29) is 15.7 Å². The molecule has 0 amide bonds. The van der Waals surface area contributed by atoms with Gasteiger partial charge in [0.05, 0.1) is 12.2 Å². The third kappa shape index (κ3) is 5.27. The number of hydrogen-bond donors (Lipinski definition) is 2. The van der Waals surface area contributed by atoms with Crippen molar-refractivity contribution >= 4 is 21.4 Å². The Hall–Kier alpha value is -1.14. The maximum absolute atomic E-state index is 11.6. The second kappa shape index (κ2) is 9.38. The van der Waals surface area contributed by atoms with Crippen LogP contribution in [-0.4, -0.2) is 37.1 Å². The van der Waals surface area contributed by atoms with Gasteiger partial charge in [0.15, 0.2) is 9.84 Å². The Kier molecular flexibility index (Phi) is 7.42. The zero-order valence-electron chi connectivity index (χ0n) is 18.8. The van der Waals surface area contributed by atoms with E-state index in [1.165, 1.54) is 11.1 Å². The topological polar surface area (TPSA) is 74.6 Å². The molecule has 0 aromatic rings. The van der Waals surface area contributed by atoms with Gasteiger partial charge in [0.1, 0.15) is 4.36 Å². The van der Waals surface area contributed by atoms with Crippen molar-refractivity contribution in [3.8, 4) is 0 Å². The molecule has 0 aromatic carbocycles. The predicted octanol–water partition coefficient (Wildman–Crippen LogP) is 5.20. The summed E-state index contributed by atoms with van der Waals surface area (Å²) in [6.07, 6.45) is 13.9. The fourth-order valence-corrected chi connectivity index (χ4v) is 6.12. The monoisotopic (exact) mass is 466 g/mol. The Morgan fingerprint density at radius 1 is 1.39 bits per heavy atom. The van der Waals surface area contributed by atoms with Crippen molar-refractivity contribution in [2.45, 2.75) is 71.0 Å². The molecule has 172 valence electrons. The van der Waals surface area contributed by atoms with Crippen LogP contribution >= 0.6 is 11.6 Å². The maximum Gasteiger partial charge on any atom is 0.185 e. The van der Waals surface area contributed by atoms with Crippen LogP contribution in [0.4, 0.5) is 0 Å². The van der Waals surface area contributed by atoms with E-state index >= 15 is 0 Å². The number of rotatable bonds is 5. The van der Waals surface area contributed by atoms with Crippen molar-refractivity contribution in [2.75, 3.05) is 6.26 Å². The van der Waals surface area contributed by atoms with Gasteiger partial charge >= 0.3 is 0 Å². The minimum Gasteiger partial charge on any atom is -0.393 e. The molecule has 0 bridgehead atoms. The molecule has 0 unspecified atom stereocenters. The smallest absolute Gasteiger partial charge is 0.185 e. The predicted molar refractivity (Wildman–Crippen MR) is 127 cm³/mol. The quantitative estimate of drug-likeness (QED) is 0.546. The largest absolute Gasteiger partial charge is 0.393 e. The molecule has 0 aromatic heterocycles. The molecule has 0 aliphatic heterocycles. The van der Waals surface area contributed by atoms with E-state index in [2.05, 4.69) is 32.6 Å². The average Bonchev–Trinajstić information content (AvgIpc) is 3.04. The highest BCUT2D eigenvalue weighted by Gasteiger charge is 2.45. The molecule has 3 rings (SSSR count). The molecule has 2 saturated carbocycles. The normalized spacial score (nSPS) is 35.9.